The maximum Gasteiger partial charge on any atom is 0.255 e. The number of piperazine rings is 1. The molecule has 2 fully saturated rings. The van der Waals surface area contributed by atoms with Crippen molar-refractivity contribution in [2.75, 3.05) is 56.0 Å². The van der Waals surface area contributed by atoms with Gasteiger partial charge in [-0.1, -0.05) is 24.3 Å². The molecule has 2 saturated heterocycles. The number of anilines is 2. The van der Waals surface area contributed by atoms with Crippen LogP contribution in [0.4, 0.5) is 11.5 Å². The number of nitrogens with one attached hydrogen (secondary N) is 1. The lowest BCUT2D eigenvalue weighted by Gasteiger charge is -2.39. The van der Waals surface area contributed by atoms with E-state index < -0.39 is 0 Å². The average Bonchev–Trinajstić information content (AvgIpc) is 2.94. The molecule has 2 amide bonds. The molecule has 7 heteroatoms. The summed E-state index contributed by atoms with van der Waals surface area (Å²) in [5.41, 5.74) is 1.95. The van der Waals surface area contributed by atoms with Crippen molar-refractivity contribution in [1.29, 1.82) is 0 Å². The number of piperidine rings is 1. The van der Waals surface area contributed by atoms with E-state index in [1.807, 2.05) is 53.6 Å². The van der Waals surface area contributed by atoms with Crippen LogP contribution < -0.4 is 10.2 Å². The fraction of sp³-hybridized carbons (Fsp3) is 0.345. The van der Waals surface area contributed by atoms with Crippen molar-refractivity contribution in [3.05, 3.63) is 90.1 Å². The van der Waals surface area contributed by atoms with E-state index in [4.69, 9.17) is 0 Å². The van der Waals surface area contributed by atoms with Gasteiger partial charge >= 0.3 is 0 Å². The topological polar surface area (TPSA) is 68.8 Å². The summed E-state index contributed by atoms with van der Waals surface area (Å²) in [5, 5.41) is 2.89. The van der Waals surface area contributed by atoms with Gasteiger partial charge in [-0.15, -0.1) is 0 Å². The van der Waals surface area contributed by atoms with Crippen LogP contribution in [0.5, 0.6) is 0 Å². The van der Waals surface area contributed by atoms with E-state index in [0.717, 1.165) is 64.5 Å². The maximum absolute atomic E-state index is 13.2. The lowest BCUT2D eigenvalue weighted by molar-refractivity contribution is 0.0637. The lowest BCUT2D eigenvalue weighted by Crippen LogP contribution is -2.50. The average molecular weight is 484 g/mol. The summed E-state index contributed by atoms with van der Waals surface area (Å²) in [6.07, 6.45) is 4.05. The number of benzene rings is 2. The smallest absolute Gasteiger partial charge is 0.255 e. The molecule has 7 nitrogen and oxygen atoms in total. The van der Waals surface area contributed by atoms with Crippen LogP contribution in [0, 0.1) is 5.92 Å². The van der Waals surface area contributed by atoms with E-state index in [2.05, 4.69) is 26.2 Å². The molecule has 0 radical (unpaired) electrons. The van der Waals surface area contributed by atoms with Crippen molar-refractivity contribution in [3.63, 3.8) is 0 Å². The Morgan fingerprint density at radius 1 is 0.833 bits per heavy atom. The van der Waals surface area contributed by atoms with Gasteiger partial charge in [-0.3, -0.25) is 14.5 Å². The Balaban J connectivity index is 1.11. The third kappa shape index (κ3) is 5.91. The largest absolute Gasteiger partial charge is 0.354 e. The normalized spacial score (nSPS) is 18.6. The molecule has 0 spiro atoms. The van der Waals surface area contributed by atoms with Crippen molar-refractivity contribution >= 4 is 23.3 Å². The van der Waals surface area contributed by atoms with E-state index in [1.165, 1.54) is 0 Å². The molecule has 3 aromatic rings. The summed E-state index contributed by atoms with van der Waals surface area (Å²) in [5.74, 6) is 1.46. The van der Waals surface area contributed by atoms with E-state index >= 15 is 0 Å². The summed E-state index contributed by atoms with van der Waals surface area (Å²) in [4.78, 5) is 36.9. The highest BCUT2D eigenvalue weighted by Gasteiger charge is 2.27. The van der Waals surface area contributed by atoms with Gasteiger partial charge in [0.15, 0.2) is 0 Å². The van der Waals surface area contributed by atoms with Crippen molar-refractivity contribution < 1.29 is 9.59 Å². The Hall–Kier alpha value is -3.71. The molecule has 3 heterocycles. The van der Waals surface area contributed by atoms with Crippen LogP contribution in [0.1, 0.15) is 33.6 Å². The summed E-state index contributed by atoms with van der Waals surface area (Å²) in [6, 6.07) is 22.4. The second-order valence-electron chi connectivity index (χ2n) is 9.63. The van der Waals surface area contributed by atoms with Crippen LogP contribution in [0.3, 0.4) is 0 Å². The van der Waals surface area contributed by atoms with Gasteiger partial charge in [0.2, 0.25) is 0 Å². The molecular formula is C29H33N5O2. The second-order valence-corrected chi connectivity index (χ2v) is 9.63. The number of carbonyl (C=O) groups is 2. The Kier molecular flexibility index (Phi) is 7.57. The Labute approximate surface area is 212 Å². The summed E-state index contributed by atoms with van der Waals surface area (Å²) >= 11 is 0. The minimum Gasteiger partial charge on any atom is -0.354 e. The first-order chi connectivity index (χ1) is 17.7. The Morgan fingerprint density at radius 2 is 1.58 bits per heavy atom. The summed E-state index contributed by atoms with van der Waals surface area (Å²) < 4.78 is 0. The molecule has 1 aromatic heterocycles. The van der Waals surface area contributed by atoms with E-state index in [-0.39, 0.29) is 11.8 Å². The predicted octanol–water partition coefficient (Wildman–Crippen LogP) is 4.01. The van der Waals surface area contributed by atoms with Gasteiger partial charge in [-0.25, -0.2) is 4.98 Å². The molecule has 36 heavy (non-hydrogen) atoms. The van der Waals surface area contributed by atoms with Crippen LogP contribution in [0.2, 0.25) is 0 Å². The minimum atomic E-state index is -0.158. The summed E-state index contributed by atoms with van der Waals surface area (Å²) in [6.45, 7) is 6.65. The highest BCUT2D eigenvalue weighted by atomic mass is 16.2. The van der Waals surface area contributed by atoms with Crippen LogP contribution in [0.25, 0.3) is 0 Å². The lowest BCUT2D eigenvalue weighted by atomic mass is 9.96. The Bertz CT molecular complexity index is 1150. The van der Waals surface area contributed by atoms with Gasteiger partial charge in [0.1, 0.15) is 5.82 Å². The molecule has 0 saturated carbocycles. The van der Waals surface area contributed by atoms with E-state index in [0.29, 0.717) is 22.7 Å². The molecule has 2 aliphatic heterocycles. The minimum absolute atomic E-state index is 0.0700. The van der Waals surface area contributed by atoms with Gasteiger partial charge in [0.05, 0.1) is 0 Å². The SMILES string of the molecule is O=C(Nc1ccc(C(=O)N2CCCC(CN3CCN(c4ccccn4)CC3)C2)cc1)c1ccccc1. The van der Waals surface area contributed by atoms with Crippen LogP contribution in [-0.2, 0) is 0 Å². The number of hydrogen-bond acceptors (Lipinski definition) is 5. The standard InChI is InChI=1S/C29H33N5O2/c35-28(24-8-2-1-3-9-24)31-26-13-11-25(12-14-26)29(36)34-16-6-7-23(22-34)21-32-17-19-33(20-18-32)27-10-4-5-15-30-27/h1-5,8-15,23H,6-7,16-22H2,(H,31,35). The summed E-state index contributed by atoms with van der Waals surface area (Å²) in [7, 11) is 0. The fourth-order valence-electron chi connectivity index (χ4n) is 5.14. The molecule has 1 N–H and O–H groups in total. The number of aromatic nitrogens is 1. The van der Waals surface area contributed by atoms with Gasteiger partial charge in [0.25, 0.3) is 11.8 Å². The number of carbonyl (C=O) groups excluding carboxylic acids is 2. The van der Waals surface area contributed by atoms with E-state index in [1.54, 1.807) is 24.3 Å². The van der Waals surface area contributed by atoms with Gasteiger partial charge in [0, 0.05) is 68.8 Å². The first kappa shape index (κ1) is 24.0. The van der Waals surface area contributed by atoms with Gasteiger partial charge < -0.3 is 15.1 Å². The molecule has 1 atom stereocenters. The molecule has 2 aliphatic rings. The molecule has 0 bridgehead atoms. The fourth-order valence-corrected chi connectivity index (χ4v) is 5.14. The van der Waals surface area contributed by atoms with E-state index in [9.17, 15) is 9.59 Å². The number of rotatable bonds is 6. The maximum atomic E-state index is 13.2. The number of nitrogens with zero attached hydrogens (tertiary/aromatic N) is 4. The Morgan fingerprint density at radius 3 is 2.31 bits per heavy atom. The molecule has 1 unspecified atom stereocenters. The highest BCUT2D eigenvalue weighted by Crippen LogP contribution is 2.22. The molecule has 2 aromatic carbocycles. The molecule has 0 aliphatic carbocycles. The van der Waals surface area contributed by atoms with Crippen molar-refractivity contribution in [2.24, 2.45) is 5.92 Å². The van der Waals surface area contributed by atoms with Crippen LogP contribution in [-0.4, -0.2) is 72.4 Å². The zero-order valence-electron chi connectivity index (χ0n) is 20.6. The third-order valence-corrected chi connectivity index (χ3v) is 7.09. The van der Waals surface area contributed by atoms with Crippen LogP contribution in [0.15, 0.2) is 79.0 Å². The quantitative estimate of drug-likeness (QED) is 0.574. The molecule has 186 valence electrons. The highest BCUT2D eigenvalue weighted by molar-refractivity contribution is 6.04. The van der Waals surface area contributed by atoms with Gasteiger partial charge in [-0.2, -0.15) is 0 Å². The van der Waals surface area contributed by atoms with Crippen molar-refractivity contribution in [2.45, 2.75) is 12.8 Å². The first-order valence-corrected chi connectivity index (χ1v) is 12.8. The monoisotopic (exact) mass is 483 g/mol. The number of hydrogen-bond donors (Lipinski definition) is 1. The number of likely N-dealkylation sites (tertiary alicyclic amines) is 1. The second kappa shape index (κ2) is 11.4. The first-order valence-electron chi connectivity index (χ1n) is 12.8. The number of amides is 2. The van der Waals surface area contributed by atoms with Gasteiger partial charge in [-0.05, 0) is 67.3 Å². The van der Waals surface area contributed by atoms with Crippen LogP contribution >= 0.6 is 0 Å². The molecule has 5 rings (SSSR count). The molecular weight excluding hydrogens is 450 g/mol. The van der Waals surface area contributed by atoms with Crippen molar-refractivity contribution in [1.82, 2.24) is 14.8 Å². The zero-order chi connectivity index (χ0) is 24.7. The predicted molar refractivity (Wildman–Crippen MR) is 142 cm³/mol. The third-order valence-electron chi connectivity index (χ3n) is 7.09. The zero-order valence-corrected chi connectivity index (χ0v) is 20.6. The van der Waals surface area contributed by atoms with Crippen molar-refractivity contribution in [3.8, 4) is 0 Å². The number of pyridine rings is 1.